The molecule has 0 bridgehead atoms. The third-order valence-electron chi connectivity index (χ3n) is 3.77. The summed E-state index contributed by atoms with van der Waals surface area (Å²) in [5.41, 5.74) is 2.29. The number of aryl methyl sites for hydroxylation is 2. The molecule has 0 aliphatic heterocycles. The van der Waals surface area contributed by atoms with E-state index in [1.165, 1.54) is 10.4 Å². The summed E-state index contributed by atoms with van der Waals surface area (Å²) in [5, 5.41) is 4.50. The standard InChI is InChI=1S/C16H20N4S/c1-4-20-14-8-6-5-7-12(14)19-16(20)9-13(17-3)15-10-18-11(2)21-15/h5-8,10,13,17H,4,9H2,1-3H3. The van der Waals surface area contributed by atoms with Crippen molar-refractivity contribution >= 4 is 22.4 Å². The fraction of sp³-hybridized carbons (Fsp3) is 0.375. The van der Waals surface area contributed by atoms with Gasteiger partial charge in [-0.3, -0.25) is 0 Å². The van der Waals surface area contributed by atoms with Crippen LogP contribution in [0.2, 0.25) is 0 Å². The fourth-order valence-corrected chi connectivity index (χ4v) is 3.60. The molecule has 1 N–H and O–H groups in total. The fourth-order valence-electron chi connectivity index (χ4n) is 2.70. The second-order valence-corrected chi connectivity index (χ2v) is 6.35. The third kappa shape index (κ3) is 2.71. The lowest BCUT2D eigenvalue weighted by Crippen LogP contribution is -2.19. The molecule has 4 nitrogen and oxygen atoms in total. The molecule has 2 heterocycles. The molecule has 0 spiro atoms. The van der Waals surface area contributed by atoms with Crippen LogP contribution in [0.15, 0.2) is 30.5 Å². The van der Waals surface area contributed by atoms with E-state index in [0.29, 0.717) is 0 Å². The summed E-state index contributed by atoms with van der Waals surface area (Å²) in [6.07, 6.45) is 2.85. The molecule has 21 heavy (non-hydrogen) atoms. The Hall–Kier alpha value is -1.72. The van der Waals surface area contributed by atoms with Crippen LogP contribution >= 0.6 is 11.3 Å². The molecule has 1 aromatic carbocycles. The molecule has 0 fully saturated rings. The predicted octanol–water partition coefficient (Wildman–Crippen LogP) is 3.32. The number of thiazole rings is 1. The van der Waals surface area contributed by atoms with Crippen molar-refractivity contribution in [2.24, 2.45) is 0 Å². The normalized spacial score (nSPS) is 12.9. The Morgan fingerprint density at radius 1 is 1.33 bits per heavy atom. The van der Waals surface area contributed by atoms with Crippen molar-refractivity contribution in [2.75, 3.05) is 7.05 Å². The van der Waals surface area contributed by atoms with E-state index in [9.17, 15) is 0 Å². The van der Waals surface area contributed by atoms with E-state index in [1.807, 2.05) is 26.2 Å². The summed E-state index contributed by atoms with van der Waals surface area (Å²) >= 11 is 1.75. The zero-order valence-corrected chi connectivity index (χ0v) is 13.4. The second-order valence-electron chi connectivity index (χ2n) is 5.09. The Labute approximate surface area is 128 Å². The number of imidazole rings is 1. The Kier molecular flexibility index (Phi) is 4.03. The number of hydrogen-bond donors (Lipinski definition) is 1. The van der Waals surface area contributed by atoms with Crippen molar-refractivity contribution in [1.29, 1.82) is 0 Å². The van der Waals surface area contributed by atoms with E-state index in [0.717, 1.165) is 29.3 Å². The Bertz CT molecular complexity index is 744. The average molecular weight is 300 g/mol. The van der Waals surface area contributed by atoms with Crippen molar-refractivity contribution in [3.05, 3.63) is 46.2 Å². The molecule has 3 rings (SSSR count). The first-order chi connectivity index (χ1) is 10.2. The number of fused-ring (bicyclic) bond motifs is 1. The molecule has 0 saturated carbocycles. The zero-order chi connectivity index (χ0) is 14.8. The molecule has 1 unspecified atom stereocenters. The van der Waals surface area contributed by atoms with Gasteiger partial charge in [-0.1, -0.05) is 12.1 Å². The maximum atomic E-state index is 4.81. The van der Waals surface area contributed by atoms with Gasteiger partial charge in [0.05, 0.1) is 16.0 Å². The third-order valence-corrected chi connectivity index (χ3v) is 4.79. The highest BCUT2D eigenvalue weighted by Crippen LogP contribution is 2.25. The number of aromatic nitrogens is 3. The maximum absolute atomic E-state index is 4.81. The molecule has 0 radical (unpaired) electrons. The lowest BCUT2D eigenvalue weighted by molar-refractivity contribution is 0.563. The highest BCUT2D eigenvalue weighted by atomic mass is 32.1. The van der Waals surface area contributed by atoms with Crippen LogP contribution in [0, 0.1) is 6.92 Å². The smallest absolute Gasteiger partial charge is 0.111 e. The number of benzene rings is 1. The quantitative estimate of drug-likeness (QED) is 0.786. The summed E-state index contributed by atoms with van der Waals surface area (Å²) in [4.78, 5) is 10.4. The van der Waals surface area contributed by atoms with Crippen LogP contribution in [-0.4, -0.2) is 21.6 Å². The first-order valence-electron chi connectivity index (χ1n) is 7.26. The van der Waals surface area contributed by atoms with Gasteiger partial charge >= 0.3 is 0 Å². The van der Waals surface area contributed by atoms with Gasteiger partial charge in [-0.05, 0) is 33.0 Å². The van der Waals surface area contributed by atoms with Crippen LogP contribution in [0.25, 0.3) is 11.0 Å². The number of hydrogen-bond acceptors (Lipinski definition) is 4. The average Bonchev–Trinajstić information content (AvgIpc) is 3.07. The molecule has 1 atom stereocenters. The molecule has 0 saturated heterocycles. The number of nitrogens with zero attached hydrogens (tertiary/aromatic N) is 3. The Morgan fingerprint density at radius 2 is 2.14 bits per heavy atom. The van der Waals surface area contributed by atoms with Crippen LogP contribution < -0.4 is 5.32 Å². The van der Waals surface area contributed by atoms with E-state index in [2.05, 4.69) is 40.0 Å². The molecule has 0 amide bonds. The molecule has 110 valence electrons. The van der Waals surface area contributed by atoms with Crippen LogP contribution in [0.1, 0.15) is 28.7 Å². The molecule has 3 aromatic rings. The lowest BCUT2D eigenvalue weighted by Gasteiger charge is -2.14. The van der Waals surface area contributed by atoms with Gasteiger partial charge in [0.1, 0.15) is 5.82 Å². The van der Waals surface area contributed by atoms with E-state index >= 15 is 0 Å². The van der Waals surface area contributed by atoms with E-state index in [1.54, 1.807) is 11.3 Å². The number of likely N-dealkylation sites (N-methyl/N-ethyl adjacent to an activating group) is 1. The molecule has 0 aliphatic rings. The topological polar surface area (TPSA) is 42.7 Å². The monoisotopic (exact) mass is 300 g/mol. The van der Waals surface area contributed by atoms with Crippen molar-refractivity contribution in [2.45, 2.75) is 32.9 Å². The van der Waals surface area contributed by atoms with Crippen LogP contribution in [0.3, 0.4) is 0 Å². The van der Waals surface area contributed by atoms with E-state index < -0.39 is 0 Å². The van der Waals surface area contributed by atoms with Crippen molar-refractivity contribution in [3.8, 4) is 0 Å². The predicted molar refractivity (Wildman–Crippen MR) is 87.8 cm³/mol. The first kappa shape index (κ1) is 14.2. The first-order valence-corrected chi connectivity index (χ1v) is 8.08. The van der Waals surface area contributed by atoms with Gasteiger partial charge in [-0.15, -0.1) is 11.3 Å². The zero-order valence-electron chi connectivity index (χ0n) is 12.6. The van der Waals surface area contributed by atoms with Crippen LogP contribution in [0.4, 0.5) is 0 Å². The maximum Gasteiger partial charge on any atom is 0.111 e. The van der Waals surface area contributed by atoms with Crippen LogP contribution in [-0.2, 0) is 13.0 Å². The number of nitrogens with one attached hydrogen (secondary N) is 1. The van der Waals surface area contributed by atoms with Crippen molar-refractivity contribution < 1.29 is 0 Å². The minimum absolute atomic E-state index is 0.262. The lowest BCUT2D eigenvalue weighted by atomic mass is 10.2. The minimum Gasteiger partial charge on any atom is -0.328 e. The molecular weight excluding hydrogens is 280 g/mol. The second kappa shape index (κ2) is 5.95. The van der Waals surface area contributed by atoms with E-state index in [-0.39, 0.29) is 6.04 Å². The minimum atomic E-state index is 0.262. The van der Waals surface area contributed by atoms with Gasteiger partial charge < -0.3 is 9.88 Å². The highest BCUT2D eigenvalue weighted by molar-refractivity contribution is 7.11. The summed E-state index contributed by atoms with van der Waals surface area (Å²) in [5.74, 6) is 1.13. The Balaban J connectivity index is 1.96. The summed E-state index contributed by atoms with van der Waals surface area (Å²) in [7, 11) is 2.00. The van der Waals surface area contributed by atoms with E-state index in [4.69, 9.17) is 4.98 Å². The molecule has 5 heteroatoms. The van der Waals surface area contributed by atoms with Gasteiger partial charge in [0.15, 0.2) is 0 Å². The summed E-state index contributed by atoms with van der Waals surface area (Å²) in [6.45, 7) is 5.15. The highest BCUT2D eigenvalue weighted by Gasteiger charge is 2.17. The van der Waals surface area contributed by atoms with Crippen molar-refractivity contribution in [1.82, 2.24) is 19.9 Å². The van der Waals surface area contributed by atoms with Crippen LogP contribution in [0.5, 0.6) is 0 Å². The van der Waals surface area contributed by atoms with Gasteiger partial charge in [-0.25, -0.2) is 9.97 Å². The number of para-hydroxylation sites is 2. The van der Waals surface area contributed by atoms with Gasteiger partial charge in [-0.2, -0.15) is 0 Å². The van der Waals surface area contributed by atoms with Crippen molar-refractivity contribution in [3.63, 3.8) is 0 Å². The largest absolute Gasteiger partial charge is 0.328 e. The summed E-state index contributed by atoms with van der Waals surface area (Å²) in [6, 6.07) is 8.60. The molecule has 2 aromatic heterocycles. The molecular formula is C16H20N4S. The summed E-state index contributed by atoms with van der Waals surface area (Å²) < 4.78 is 2.30. The Morgan fingerprint density at radius 3 is 2.81 bits per heavy atom. The molecule has 0 aliphatic carbocycles. The van der Waals surface area contributed by atoms with Gasteiger partial charge in [0.25, 0.3) is 0 Å². The van der Waals surface area contributed by atoms with Gasteiger partial charge in [0, 0.05) is 30.1 Å². The SMILES string of the molecule is CCn1c(CC(NC)c2cnc(C)s2)nc2ccccc21. The van der Waals surface area contributed by atoms with Gasteiger partial charge in [0.2, 0.25) is 0 Å². The number of rotatable bonds is 5.